The molecule has 0 saturated carbocycles. The van der Waals surface area contributed by atoms with Gasteiger partial charge in [0.05, 0.1) is 16.3 Å². The fourth-order valence-electron chi connectivity index (χ4n) is 0.948. The Labute approximate surface area is 99.4 Å². The molecule has 0 fully saturated rings. The third-order valence-corrected chi connectivity index (χ3v) is 4.63. The summed E-state index contributed by atoms with van der Waals surface area (Å²) in [4.78, 5) is 0.128. The maximum absolute atomic E-state index is 8.92. The molecule has 1 N–H and O–H groups in total. The lowest BCUT2D eigenvalue weighted by atomic mass is 10.1. The van der Waals surface area contributed by atoms with Gasteiger partial charge in [0, 0.05) is 5.02 Å². The van der Waals surface area contributed by atoms with E-state index < -0.39 is 0 Å². The Balaban J connectivity index is 2.77. The summed E-state index contributed by atoms with van der Waals surface area (Å²) < 4.78 is 0. The quantitative estimate of drug-likeness (QED) is 0.842. The number of hydrogen-bond acceptors (Lipinski definition) is 1. The summed E-state index contributed by atoms with van der Waals surface area (Å²) in [6.45, 7) is 0.0958. The molecule has 72 valence electrons. The smallest absolute Gasteiger partial charge is 0.0570 e. The molecule has 0 aliphatic rings. The molecule has 1 aromatic carbocycles. The molecule has 0 aromatic heterocycles. The molecule has 2 atom stereocenters. The van der Waals surface area contributed by atoms with Crippen molar-refractivity contribution in [2.45, 2.75) is 9.65 Å². The SMILES string of the molecule is OCC(Br)C(Br)c1ccc(Cl)cc1. The molecule has 1 aromatic rings. The normalized spacial score (nSPS) is 15.4. The molecule has 0 aliphatic heterocycles. The minimum absolute atomic E-state index is 0.0219. The second-order valence-electron chi connectivity index (χ2n) is 2.65. The summed E-state index contributed by atoms with van der Waals surface area (Å²) in [6.07, 6.45) is 0. The highest BCUT2D eigenvalue weighted by molar-refractivity contribution is 9.12. The molecule has 4 heteroatoms. The molecule has 13 heavy (non-hydrogen) atoms. The van der Waals surface area contributed by atoms with Crippen molar-refractivity contribution in [3.63, 3.8) is 0 Å². The largest absolute Gasteiger partial charge is 0.395 e. The molecule has 0 saturated heterocycles. The second kappa shape index (κ2) is 5.35. The van der Waals surface area contributed by atoms with Crippen LogP contribution >= 0.6 is 43.5 Å². The maximum Gasteiger partial charge on any atom is 0.0570 e. The van der Waals surface area contributed by atoms with Crippen molar-refractivity contribution in [2.24, 2.45) is 0 Å². The number of aliphatic hydroxyl groups excluding tert-OH is 1. The highest BCUT2D eigenvalue weighted by atomic mass is 79.9. The van der Waals surface area contributed by atoms with Crippen LogP contribution in [0.15, 0.2) is 24.3 Å². The highest BCUT2D eigenvalue weighted by Crippen LogP contribution is 2.31. The summed E-state index contributed by atoms with van der Waals surface area (Å²) >= 11 is 12.6. The van der Waals surface area contributed by atoms with Crippen LogP contribution in [0.4, 0.5) is 0 Å². The van der Waals surface area contributed by atoms with Gasteiger partial charge in [-0.1, -0.05) is 55.6 Å². The predicted octanol–water partition coefficient (Wildman–Crippen LogP) is 3.53. The van der Waals surface area contributed by atoms with E-state index in [9.17, 15) is 0 Å². The summed E-state index contributed by atoms with van der Waals surface area (Å²) in [7, 11) is 0. The van der Waals surface area contributed by atoms with Gasteiger partial charge in [-0.05, 0) is 17.7 Å². The Morgan fingerprint density at radius 1 is 1.23 bits per heavy atom. The van der Waals surface area contributed by atoms with Crippen LogP contribution in [0.5, 0.6) is 0 Å². The predicted molar refractivity (Wildman–Crippen MR) is 62.9 cm³/mol. The average Bonchev–Trinajstić information content (AvgIpc) is 2.17. The van der Waals surface area contributed by atoms with Crippen molar-refractivity contribution in [1.29, 1.82) is 0 Å². The summed E-state index contributed by atoms with van der Waals surface area (Å²) in [5, 5.41) is 9.64. The first-order chi connectivity index (χ1) is 6.15. The van der Waals surface area contributed by atoms with Crippen molar-refractivity contribution in [3.8, 4) is 0 Å². The molecular weight excluding hydrogens is 319 g/mol. The van der Waals surface area contributed by atoms with Crippen LogP contribution in [-0.4, -0.2) is 16.5 Å². The lowest BCUT2D eigenvalue weighted by Gasteiger charge is -2.14. The maximum atomic E-state index is 8.92. The van der Waals surface area contributed by atoms with Gasteiger partial charge < -0.3 is 5.11 Å². The van der Waals surface area contributed by atoms with E-state index in [1.807, 2.05) is 24.3 Å². The van der Waals surface area contributed by atoms with Crippen molar-refractivity contribution >= 4 is 43.5 Å². The van der Waals surface area contributed by atoms with Gasteiger partial charge >= 0.3 is 0 Å². The Morgan fingerprint density at radius 3 is 2.23 bits per heavy atom. The lowest BCUT2D eigenvalue weighted by Crippen LogP contribution is -2.10. The Hall–Kier alpha value is 0.430. The highest BCUT2D eigenvalue weighted by Gasteiger charge is 2.16. The zero-order chi connectivity index (χ0) is 9.84. The monoisotopic (exact) mass is 326 g/mol. The number of benzene rings is 1. The van der Waals surface area contributed by atoms with Crippen LogP contribution in [0.2, 0.25) is 5.02 Å². The fraction of sp³-hybridized carbons (Fsp3) is 0.333. The van der Waals surface area contributed by atoms with Crippen LogP contribution < -0.4 is 0 Å². The number of alkyl halides is 2. The van der Waals surface area contributed by atoms with Gasteiger partial charge in [0.1, 0.15) is 0 Å². The zero-order valence-electron chi connectivity index (χ0n) is 6.75. The molecule has 0 heterocycles. The molecule has 0 radical (unpaired) electrons. The number of halogens is 3. The average molecular weight is 328 g/mol. The third kappa shape index (κ3) is 3.24. The molecule has 2 unspecified atom stereocenters. The van der Waals surface area contributed by atoms with Gasteiger partial charge in [0.2, 0.25) is 0 Å². The van der Waals surface area contributed by atoms with Gasteiger partial charge in [-0.15, -0.1) is 0 Å². The van der Waals surface area contributed by atoms with E-state index in [2.05, 4.69) is 31.9 Å². The van der Waals surface area contributed by atoms with Gasteiger partial charge in [0.15, 0.2) is 0 Å². The van der Waals surface area contributed by atoms with E-state index in [1.54, 1.807) is 0 Å². The van der Waals surface area contributed by atoms with Crippen LogP contribution in [0.25, 0.3) is 0 Å². The summed E-state index contributed by atoms with van der Waals surface area (Å²) in [5.41, 5.74) is 1.10. The van der Waals surface area contributed by atoms with E-state index in [-0.39, 0.29) is 16.3 Å². The van der Waals surface area contributed by atoms with E-state index in [0.717, 1.165) is 10.6 Å². The first-order valence-corrected chi connectivity index (χ1v) is 6.00. The third-order valence-electron chi connectivity index (χ3n) is 1.68. The Kier molecular flexibility index (Phi) is 4.73. The summed E-state index contributed by atoms with van der Waals surface area (Å²) in [5.74, 6) is 0. The van der Waals surface area contributed by atoms with Crippen LogP contribution in [0, 0.1) is 0 Å². The number of hydrogen-bond donors (Lipinski definition) is 1. The molecule has 0 amide bonds. The Bertz CT molecular complexity index is 263. The molecule has 0 aliphatic carbocycles. The molecular formula is C9H9Br2ClO. The Morgan fingerprint density at radius 2 is 1.77 bits per heavy atom. The van der Waals surface area contributed by atoms with E-state index in [4.69, 9.17) is 16.7 Å². The minimum Gasteiger partial charge on any atom is -0.395 e. The van der Waals surface area contributed by atoms with Gasteiger partial charge in [0.25, 0.3) is 0 Å². The first kappa shape index (κ1) is 11.5. The van der Waals surface area contributed by atoms with Crippen molar-refractivity contribution in [1.82, 2.24) is 0 Å². The molecule has 0 bridgehead atoms. The molecule has 1 nitrogen and oxygen atoms in total. The topological polar surface area (TPSA) is 20.2 Å². The van der Waals surface area contributed by atoms with E-state index in [1.165, 1.54) is 0 Å². The van der Waals surface area contributed by atoms with E-state index >= 15 is 0 Å². The van der Waals surface area contributed by atoms with Gasteiger partial charge in [-0.2, -0.15) is 0 Å². The molecule has 1 rings (SSSR count). The second-order valence-corrected chi connectivity index (χ2v) is 5.25. The zero-order valence-corrected chi connectivity index (χ0v) is 10.7. The number of aliphatic hydroxyl groups is 1. The van der Waals surface area contributed by atoms with E-state index in [0.29, 0.717) is 0 Å². The number of rotatable bonds is 3. The van der Waals surface area contributed by atoms with Crippen LogP contribution in [0.3, 0.4) is 0 Å². The van der Waals surface area contributed by atoms with Crippen LogP contribution in [-0.2, 0) is 0 Å². The minimum atomic E-state index is 0.0219. The van der Waals surface area contributed by atoms with Gasteiger partial charge in [-0.25, -0.2) is 0 Å². The van der Waals surface area contributed by atoms with Crippen molar-refractivity contribution in [3.05, 3.63) is 34.9 Å². The van der Waals surface area contributed by atoms with Crippen LogP contribution in [0.1, 0.15) is 10.4 Å². The first-order valence-electron chi connectivity index (χ1n) is 3.79. The molecule has 0 spiro atoms. The van der Waals surface area contributed by atoms with Crippen molar-refractivity contribution < 1.29 is 5.11 Å². The fourth-order valence-corrected chi connectivity index (χ4v) is 1.85. The summed E-state index contributed by atoms with van der Waals surface area (Å²) in [6, 6.07) is 7.54. The lowest BCUT2D eigenvalue weighted by molar-refractivity contribution is 0.296. The standard InChI is InChI=1S/C9H9Br2ClO/c10-8(5-13)9(11)6-1-3-7(12)4-2-6/h1-4,8-9,13H,5H2. The van der Waals surface area contributed by atoms with Crippen molar-refractivity contribution in [2.75, 3.05) is 6.61 Å². The van der Waals surface area contributed by atoms with Gasteiger partial charge in [-0.3, -0.25) is 0 Å².